The highest BCUT2D eigenvalue weighted by Gasteiger charge is 2.37. The van der Waals surface area contributed by atoms with Gasteiger partial charge in [-0.15, -0.1) is 0 Å². The summed E-state index contributed by atoms with van der Waals surface area (Å²) in [6.07, 6.45) is -4.53. The fourth-order valence-corrected chi connectivity index (χ4v) is 3.72. The summed E-state index contributed by atoms with van der Waals surface area (Å²) in [6.45, 7) is 7.69. The number of nitrogens with one attached hydrogen (secondary N) is 1. The van der Waals surface area contributed by atoms with Gasteiger partial charge in [0.2, 0.25) is 0 Å². The summed E-state index contributed by atoms with van der Waals surface area (Å²) in [5, 5.41) is 2.81. The number of hydrogen-bond donors (Lipinski definition) is 1. The van der Waals surface area contributed by atoms with Gasteiger partial charge in [0, 0.05) is 7.05 Å². The summed E-state index contributed by atoms with van der Waals surface area (Å²) in [7, 11) is 1.46. The quantitative estimate of drug-likeness (QED) is 0.536. The number of urea groups is 1. The van der Waals surface area contributed by atoms with Crippen molar-refractivity contribution in [2.24, 2.45) is 0 Å². The Morgan fingerprint density at radius 1 is 1.06 bits per heavy atom. The molecule has 1 aliphatic heterocycles. The first-order valence-electron chi connectivity index (χ1n) is 11.2. The maximum absolute atomic E-state index is 13.1. The van der Waals surface area contributed by atoms with Crippen LogP contribution >= 0.6 is 0 Å². The fraction of sp³-hybridized carbons (Fsp3) is 0.385. The number of likely N-dealkylation sites (N-methyl/N-ethyl adjacent to an activating group) is 1. The first-order valence-corrected chi connectivity index (χ1v) is 11.2. The molecule has 0 bridgehead atoms. The van der Waals surface area contributed by atoms with Gasteiger partial charge >= 0.3 is 18.2 Å². The van der Waals surface area contributed by atoms with E-state index in [1.54, 1.807) is 6.92 Å². The number of amides is 2. The summed E-state index contributed by atoms with van der Waals surface area (Å²) >= 11 is 0. The highest BCUT2D eigenvalue weighted by molar-refractivity contribution is 5.95. The number of halogens is 3. The number of rotatable bonds is 6. The van der Waals surface area contributed by atoms with Crippen LogP contribution in [0.25, 0.3) is 0 Å². The Hall–Kier alpha value is -3.49. The van der Waals surface area contributed by atoms with Crippen molar-refractivity contribution in [3.8, 4) is 5.75 Å². The molecule has 2 amide bonds. The second kappa shape index (κ2) is 10.0. The van der Waals surface area contributed by atoms with Crippen LogP contribution < -0.4 is 10.1 Å². The van der Waals surface area contributed by atoms with E-state index in [1.165, 1.54) is 24.1 Å². The van der Waals surface area contributed by atoms with E-state index in [4.69, 9.17) is 9.47 Å². The molecular formula is C26H29F3N2O4. The van der Waals surface area contributed by atoms with Gasteiger partial charge in [-0.05, 0) is 41.7 Å². The molecule has 6 nitrogen and oxygen atoms in total. The third-order valence-corrected chi connectivity index (χ3v) is 5.72. The van der Waals surface area contributed by atoms with E-state index in [0.717, 1.165) is 17.7 Å². The molecule has 1 atom stereocenters. The minimum atomic E-state index is -4.53. The van der Waals surface area contributed by atoms with Crippen LogP contribution in [0.2, 0.25) is 0 Å². The lowest BCUT2D eigenvalue weighted by Gasteiger charge is -2.34. The molecular weight excluding hydrogens is 461 g/mol. The first kappa shape index (κ1) is 26.1. The third kappa shape index (κ3) is 5.96. The van der Waals surface area contributed by atoms with E-state index in [-0.39, 0.29) is 35.6 Å². The summed E-state index contributed by atoms with van der Waals surface area (Å²) in [6, 6.07) is 10.7. The van der Waals surface area contributed by atoms with Gasteiger partial charge in [-0.2, -0.15) is 13.2 Å². The van der Waals surface area contributed by atoms with Crippen LogP contribution in [0.5, 0.6) is 5.75 Å². The molecule has 0 aromatic heterocycles. The molecule has 35 heavy (non-hydrogen) atoms. The number of esters is 1. The van der Waals surface area contributed by atoms with Crippen molar-refractivity contribution in [3.05, 3.63) is 76.5 Å². The molecule has 0 saturated heterocycles. The second-order valence-corrected chi connectivity index (χ2v) is 9.21. The number of alkyl halides is 3. The Balaban J connectivity index is 2.01. The molecule has 0 saturated carbocycles. The van der Waals surface area contributed by atoms with Gasteiger partial charge in [0.05, 0.1) is 29.5 Å². The van der Waals surface area contributed by atoms with Crippen LogP contribution in [0.3, 0.4) is 0 Å². The summed E-state index contributed by atoms with van der Waals surface area (Å²) in [4.78, 5) is 27.0. The van der Waals surface area contributed by atoms with Crippen molar-refractivity contribution in [2.75, 3.05) is 20.3 Å². The van der Waals surface area contributed by atoms with E-state index >= 15 is 0 Å². The zero-order valence-electron chi connectivity index (χ0n) is 20.3. The smallest absolute Gasteiger partial charge is 0.416 e. The molecule has 1 heterocycles. The van der Waals surface area contributed by atoms with Gasteiger partial charge in [-0.1, -0.05) is 51.1 Å². The Bertz CT molecular complexity index is 1120. The Kier molecular flexibility index (Phi) is 7.47. The molecule has 1 unspecified atom stereocenters. The monoisotopic (exact) mass is 490 g/mol. The normalized spacial score (nSPS) is 16.7. The predicted octanol–water partition coefficient (Wildman–Crippen LogP) is 5.60. The molecule has 1 aliphatic rings. The standard InChI is InChI=1S/C26H29F3N2O4/c1-6-34-23(32)21-20(15-35-19-9-7-8-18(14-19)26(27,28)29)31(5)24(33)30-22(21)16-10-12-17(13-11-16)25(2,3)4/h7-14,22H,6,15H2,1-5H3,(H,30,33). The molecule has 0 fully saturated rings. The van der Waals surface area contributed by atoms with Gasteiger partial charge in [0.15, 0.2) is 0 Å². The average Bonchev–Trinajstić information content (AvgIpc) is 2.79. The Morgan fingerprint density at radius 2 is 1.71 bits per heavy atom. The minimum absolute atomic E-state index is 0.0407. The maximum atomic E-state index is 13.1. The number of carbonyl (C=O) groups is 2. The van der Waals surface area contributed by atoms with E-state index in [1.807, 2.05) is 24.3 Å². The van der Waals surface area contributed by atoms with Gasteiger partial charge < -0.3 is 14.8 Å². The molecule has 188 valence electrons. The number of ether oxygens (including phenoxy) is 2. The molecule has 0 radical (unpaired) electrons. The number of nitrogens with zero attached hydrogens (tertiary/aromatic N) is 1. The lowest BCUT2D eigenvalue weighted by atomic mass is 9.85. The van der Waals surface area contributed by atoms with Crippen LogP contribution in [0, 0.1) is 0 Å². The summed E-state index contributed by atoms with van der Waals surface area (Å²) in [5.74, 6) is -0.687. The van der Waals surface area contributed by atoms with E-state index in [2.05, 4.69) is 26.1 Å². The van der Waals surface area contributed by atoms with Crippen molar-refractivity contribution in [1.82, 2.24) is 10.2 Å². The largest absolute Gasteiger partial charge is 0.487 e. The van der Waals surface area contributed by atoms with Crippen molar-refractivity contribution in [2.45, 2.75) is 45.3 Å². The predicted molar refractivity (Wildman–Crippen MR) is 125 cm³/mol. The van der Waals surface area contributed by atoms with Gasteiger partial charge in [0.25, 0.3) is 0 Å². The highest BCUT2D eigenvalue weighted by atomic mass is 19.4. The SMILES string of the molecule is CCOC(=O)C1=C(COc2cccc(C(F)(F)F)c2)N(C)C(=O)NC1c1ccc(C(C)(C)C)cc1. The maximum Gasteiger partial charge on any atom is 0.416 e. The van der Waals surface area contributed by atoms with Crippen molar-refractivity contribution in [1.29, 1.82) is 0 Å². The zero-order valence-corrected chi connectivity index (χ0v) is 20.3. The van der Waals surface area contributed by atoms with Crippen LogP contribution in [0.4, 0.5) is 18.0 Å². The minimum Gasteiger partial charge on any atom is -0.487 e. The molecule has 2 aromatic carbocycles. The van der Waals surface area contributed by atoms with Crippen molar-refractivity contribution < 1.29 is 32.2 Å². The summed E-state index contributed by atoms with van der Waals surface area (Å²) < 4.78 is 50.1. The van der Waals surface area contributed by atoms with Crippen LogP contribution in [0.15, 0.2) is 59.8 Å². The lowest BCUT2D eigenvalue weighted by molar-refractivity contribution is -0.139. The van der Waals surface area contributed by atoms with E-state index < -0.39 is 29.8 Å². The summed E-state index contributed by atoms with van der Waals surface area (Å²) in [5.41, 5.74) is 1.16. The topological polar surface area (TPSA) is 67.9 Å². The van der Waals surface area contributed by atoms with E-state index in [0.29, 0.717) is 5.56 Å². The Morgan fingerprint density at radius 3 is 2.29 bits per heavy atom. The molecule has 1 N–H and O–H groups in total. The van der Waals surface area contributed by atoms with Gasteiger partial charge in [-0.3, -0.25) is 4.90 Å². The van der Waals surface area contributed by atoms with Crippen LogP contribution in [0.1, 0.15) is 50.4 Å². The number of benzene rings is 2. The van der Waals surface area contributed by atoms with Crippen molar-refractivity contribution in [3.63, 3.8) is 0 Å². The first-order chi connectivity index (χ1) is 16.3. The lowest BCUT2D eigenvalue weighted by Crippen LogP contribution is -2.48. The Labute approximate surface area is 202 Å². The number of carbonyl (C=O) groups excluding carboxylic acids is 2. The molecule has 9 heteroatoms. The van der Waals surface area contributed by atoms with Crippen molar-refractivity contribution >= 4 is 12.0 Å². The van der Waals surface area contributed by atoms with E-state index in [9.17, 15) is 22.8 Å². The number of hydrogen-bond acceptors (Lipinski definition) is 4. The molecule has 0 spiro atoms. The third-order valence-electron chi connectivity index (χ3n) is 5.72. The average molecular weight is 491 g/mol. The van der Waals surface area contributed by atoms with Gasteiger partial charge in [0.1, 0.15) is 12.4 Å². The highest BCUT2D eigenvalue weighted by Crippen LogP contribution is 2.34. The fourth-order valence-electron chi connectivity index (χ4n) is 3.72. The van der Waals surface area contributed by atoms with Crippen LogP contribution in [-0.2, 0) is 21.1 Å². The van der Waals surface area contributed by atoms with Gasteiger partial charge in [-0.25, -0.2) is 9.59 Å². The molecule has 0 aliphatic carbocycles. The second-order valence-electron chi connectivity index (χ2n) is 9.21. The molecule has 3 rings (SSSR count). The van der Waals surface area contributed by atoms with Crippen LogP contribution in [-0.4, -0.2) is 37.2 Å². The molecule has 2 aromatic rings. The zero-order chi connectivity index (χ0) is 26.0.